The maximum absolute atomic E-state index is 12.5. The van der Waals surface area contributed by atoms with Crippen molar-refractivity contribution < 1.29 is 32.7 Å². The Morgan fingerprint density at radius 2 is 1.76 bits per heavy atom. The van der Waals surface area contributed by atoms with Crippen LogP contribution >= 0.6 is 0 Å². The third kappa shape index (κ3) is 6.29. The minimum absolute atomic E-state index is 0.125. The summed E-state index contributed by atoms with van der Waals surface area (Å²) >= 11 is 0. The van der Waals surface area contributed by atoms with Crippen molar-refractivity contribution in [1.29, 1.82) is 0 Å². The highest BCUT2D eigenvalue weighted by molar-refractivity contribution is 5.93. The topological polar surface area (TPSA) is 110 Å². The number of hydroxylamine groups is 2. The van der Waals surface area contributed by atoms with Crippen molar-refractivity contribution >= 4 is 23.5 Å². The molecule has 0 spiro atoms. The number of benzene rings is 1. The molecule has 1 saturated heterocycles. The first-order valence-electron chi connectivity index (χ1n) is 9.71. The van der Waals surface area contributed by atoms with Gasteiger partial charge in [0.2, 0.25) is 5.95 Å². The molecule has 33 heavy (non-hydrogen) atoms. The molecule has 174 valence electrons. The average Bonchev–Trinajstić information content (AvgIpc) is 3.45. The molecule has 0 saturated carbocycles. The molecule has 12 heteroatoms. The highest BCUT2D eigenvalue weighted by Gasteiger charge is 2.38. The summed E-state index contributed by atoms with van der Waals surface area (Å²) in [6.07, 6.45) is 1.17. The van der Waals surface area contributed by atoms with Crippen molar-refractivity contribution in [2.75, 3.05) is 18.5 Å². The van der Waals surface area contributed by atoms with Crippen LogP contribution in [0.25, 0.3) is 11.1 Å². The van der Waals surface area contributed by atoms with E-state index in [0.717, 1.165) is 23.2 Å². The second-order valence-corrected chi connectivity index (χ2v) is 6.91. The van der Waals surface area contributed by atoms with Gasteiger partial charge >= 0.3 is 12.1 Å². The number of hydrogen-bond acceptors (Lipinski definition) is 6. The van der Waals surface area contributed by atoms with Crippen LogP contribution in [-0.2, 0) is 16.7 Å². The number of hydrogen-bond donors (Lipinski definition) is 2. The van der Waals surface area contributed by atoms with E-state index in [0.29, 0.717) is 24.8 Å². The van der Waals surface area contributed by atoms with E-state index in [1.165, 1.54) is 5.06 Å². The van der Waals surface area contributed by atoms with Gasteiger partial charge < -0.3 is 15.0 Å². The quantitative estimate of drug-likeness (QED) is 0.608. The number of nitrogens with zero attached hydrogens (tertiary/aromatic N) is 4. The Morgan fingerprint density at radius 1 is 1.12 bits per heavy atom. The molecule has 1 aliphatic rings. The summed E-state index contributed by atoms with van der Waals surface area (Å²) in [7, 11) is 1.85. The van der Waals surface area contributed by atoms with Gasteiger partial charge in [-0.1, -0.05) is 18.2 Å². The van der Waals surface area contributed by atoms with Crippen molar-refractivity contribution in [2.24, 2.45) is 7.05 Å². The second-order valence-electron chi connectivity index (χ2n) is 6.91. The molecule has 1 amide bonds. The molecule has 3 heterocycles. The maximum atomic E-state index is 12.5. The molecule has 1 aliphatic heterocycles. The van der Waals surface area contributed by atoms with E-state index >= 15 is 0 Å². The largest absolute Gasteiger partial charge is 0.490 e. The number of aromatic nitrogens is 3. The van der Waals surface area contributed by atoms with Gasteiger partial charge in [-0.15, -0.1) is 0 Å². The summed E-state index contributed by atoms with van der Waals surface area (Å²) < 4.78 is 33.5. The summed E-state index contributed by atoms with van der Waals surface area (Å²) in [5.41, 5.74) is 3.24. The lowest BCUT2D eigenvalue weighted by atomic mass is 10.2. The molecule has 1 fully saturated rings. The van der Waals surface area contributed by atoms with Gasteiger partial charge in [0.1, 0.15) is 5.69 Å². The van der Waals surface area contributed by atoms with Gasteiger partial charge in [-0.3, -0.25) is 9.63 Å². The molecule has 0 unspecified atom stereocenters. The monoisotopic (exact) mass is 463 g/mol. The number of carboxylic acid groups (broad SMARTS) is 1. The first-order chi connectivity index (χ1) is 15.6. The van der Waals surface area contributed by atoms with Gasteiger partial charge in [0.15, 0.2) is 0 Å². The van der Waals surface area contributed by atoms with Crippen LogP contribution < -0.4 is 5.32 Å². The highest BCUT2D eigenvalue weighted by atomic mass is 19.4. The van der Waals surface area contributed by atoms with Crippen molar-refractivity contribution in [3.05, 3.63) is 60.7 Å². The van der Waals surface area contributed by atoms with Gasteiger partial charge in [0.05, 0.1) is 13.2 Å². The SMILES string of the molecule is Cn1cc(-c2cnc(Nc3ccccc3)nc2)cc1C(=O)N1CCCO1.O=C(O)C(F)(F)F. The second kappa shape index (κ2) is 10.1. The van der Waals surface area contributed by atoms with E-state index in [2.05, 4.69) is 15.3 Å². The van der Waals surface area contributed by atoms with Gasteiger partial charge in [0.25, 0.3) is 5.91 Å². The summed E-state index contributed by atoms with van der Waals surface area (Å²) in [5, 5.41) is 11.7. The molecule has 0 atom stereocenters. The predicted molar refractivity (Wildman–Crippen MR) is 111 cm³/mol. The molecule has 9 nitrogen and oxygen atoms in total. The Hall–Kier alpha value is -3.93. The van der Waals surface area contributed by atoms with Crippen LogP contribution in [0, 0.1) is 0 Å². The smallest absolute Gasteiger partial charge is 0.475 e. The van der Waals surface area contributed by atoms with Crippen LogP contribution in [0.3, 0.4) is 0 Å². The molecule has 0 radical (unpaired) electrons. The fourth-order valence-corrected chi connectivity index (χ4v) is 2.86. The number of para-hydroxylation sites is 1. The molecular formula is C21H20F3N5O4. The van der Waals surface area contributed by atoms with Crippen LogP contribution in [0.5, 0.6) is 0 Å². The number of halogens is 3. The molecular weight excluding hydrogens is 443 g/mol. The molecule has 0 bridgehead atoms. The van der Waals surface area contributed by atoms with E-state index in [-0.39, 0.29) is 5.91 Å². The average molecular weight is 463 g/mol. The minimum atomic E-state index is -5.08. The van der Waals surface area contributed by atoms with Crippen LogP contribution in [0.1, 0.15) is 16.9 Å². The molecule has 1 aromatic carbocycles. The van der Waals surface area contributed by atoms with Crippen molar-refractivity contribution in [3.63, 3.8) is 0 Å². The van der Waals surface area contributed by atoms with Crippen molar-refractivity contribution in [3.8, 4) is 11.1 Å². The summed E-state index contributed by atoms with van der Waals surface area (Å²) in [6, 6.07) is 11.6. The predicted octanol–water partition coefficient (Wildman–Crippen LogP) is 3.64. The summed E-state index contributed by atoms with van der Waals surface area (Å²) in [6.45, 7) is 1.22. The Balaban J connectivity index is 0.000000383. The van der Waals surface area contributed by atoms with Crippen molar-refractivity contribution in [1.82, 2.24) is 19.6 Å². The number of alkyl halides is 3. The van der Waals surface area contributed by atoms with Crippen LogP contribution in [0.2, 0.25) is 0 Å². The zero-order valence-corrected chi connectivity index (χ0v) is 17.4. The third-order valence-electron chi connectivity index (χ3n) is 4.46. The Labute approximate surface area is 186 Å². The molecule has 2 N–H and O–H groups in total. The lowest BCUT2D eigenvalue weighted by Gasteiger charge is -2.13. The number of carboxylic acids is 1. The van der Waals surface area contributed by atoms with Crippen molar-refractivity contribution in [2.45, 2.75) is 12.6 Å². The molecule has 0 aliphatic carbocycles. The first kappa shape index (κ1) is 23.7. The lowest BCUT2D eigenvalue weighted by molar-refractivity contribution is -0.192. The van der Waals surface area contributed by atoms with Crippen LogP contribution in [0.15, 0.2) is 55.0 Å². The van der Waals surface area contributed by atoms with E-state index in [4.69, 9.17) is 14.7 Å². The number of nitrogens with one attached hydrogen (secondary N) is 1. The third-order valence-corrected chi connectivity index (χ3v) is 4.46. The van der Waals surface area contributed by atoms with Gasteiger partial charge in [-0.05, 0) is 24.6 Å². The van der Waals surface area contributed by atoms with Crippen LogP contribution in [-0.4, -0.2) is 55.9 Å². The summed E-state index contributed by atoms with van der Waals surface area (Å²) in [4.78, 5) is 35.5. The minimum Gasteiger partial charge on any atom is -0.475 e. The normalized spacial score (nSPS) is 13.3. The number of carbonyl (C=O) groups is 2. The zero-order valence-electron chi connectivity index (χ0n) is 17.4. The van der Waals surface area contributed by atoms with E-state index in [9.17, 15) is 18.0 Å². The molecule has 4 rings (SSSR count). The number of rotatable bonds is 4. The van der Waals surface area contributed by atoms with Crippen LogP contribution in [0.4, 0.5) is 24.8 Å². The number of amides is 1. The van der Waals surface area contributed by atoms with Gasteiger partial charge in [0, 0.05) is 42.5 Å². The fourth-order valence-electron chi connectivity index (χ4n) is 2.86. The Morgan fingerprint density at radius 3 is 2.30 bits per heavy atom. The Bertz CT molecular complexity index is 1100. The Kier molecular flexibility index (Phi) is 7.28. The van der Waals surface area contributed by atoms with E-state index in [1.54, 1.807) is 17.0 Å². The van der Waals surface area contributed by atoms with Gasteiger partial charge in [-0.25, -0.2) is 19.8 Å². The zero-order chi connectivity index (χ0) is 24.0. The number of aryl methyl sites for hydroxylation is 1. The molecule has 2 aromatic heterocycles. The fraction of sp³-hybridized carbons (Fsp3) is 0.238. The summed E-state index contributed by atoms with van der Waals surface area (Å²) in [5.74, 6) is -2.36. The molecule has 3 aromatic rings. The standard InChI is InChI=1S/C19H19N5O2.C2HF3O2/c1-23-13-14(10-17(23)18(25)24-8-5-9-26-24)15-11-20-19(21-12-15)22-16-6-3-2-4-7-16;3-2(4,5)1(6)7/h2-4,6-7,10-13H,5,8-9H2,1H3,(H,20,21,22);(H,6,7). The lowest BCUT2D eigenvalue weighted by Crippen LogP contribution is -2.28. The number of anilines is 2. The number of carbonyl (C=O) groups excluding carboxylic acids is 1. The number of aliphatic carboxylic acids is 1. The van der Waals surface area contributed by atoms with E-state index in [1.807, 2.05) is 49.6 Å². The van der Waals surface area contributed by atoms with E-state index < -0.39 is 12.1 Å². The first-order valence-corrected chi connectivity index (χ1v) is 9.71. The maximum Gasteiger partial charge on any atom is 0.490 e. The highest BCUT2D eigenvalue weighted by Crippen LogP contribution is 2.23. The van der Waals surface area contributed by atoms with Gasteiger partial charge in [-0.2, -0.15) is 13.2 Å².